The first-order valence-electron chi connectivity index (χ1n) is 5.81. The van der Waals surface area contributed by atoms with Crippen LogP contribution in [0.3, 0.4) is 0 Å². The smallest absolute Gasteiger partial charge is 0.305 e. The Kier molecular flexibility index (Phi) is 8.70. The highest BCUT2D eigenvalue weighted by atomic mass is 16.5. The van der Waals surface area contributed by atoms with Crippen LogP contribution in [-0.2, 0) is 9.53 Å². The van der Waals surface area contributed by atoms with Gasteiger partial charge in [0.2, 0.25) is 0 Å². The van der Waals surface area contributed by atoms with Gasteiger partial charge < -0.3 is 4.74 Å². The van der Waals surface area contributed by atoms with Crippen LogP contribution in [0, 0.1) is 5.92 Å². The Balaban J connectivity index is 3.77. The summed E-state index contributed by atoms with van der Waals surface area (Å²) < 4.78 is 4.70. The second kappa shape index (κ2) is 9.04. The van der Waals surface area contributed by atoms with Crippen molar-refractivity contribution in [1.29, 1.82) is 0 Å². The Morgan fingerprint density at radius 2 is 1.64 bits per heavy atom. The third kappa shape index (κ3) is 6.93. The van der Waals surface area contributed by atoms with Crippen molar-refractivity contribution in [2.24, 2.45) is 5.92 Å². The highest BCUT2D eigenvalue weighted by molar-refractivity contribution is 5.69. The summed E-state index contributed by atoms with van der Waals surface area (Å²) in [6.45, 7) is 4.38. The Morgan fingerprint density at radius 3 is 2.00 bits per heavy atom. The van der Waals surface area contributed by atoms with Crippen molar-refractivity contribution in [3.8, 4) is 0 Å². The van der Waals surface area contributed by atoms with E-state index < -0.39 is 0 Å². The van der Waals surface area contributed by atoms with Crippen LogP contribution < -0.4 is 0 Å². The number of ether oxygens (including phenoxy) is 1. The lowest BCUT2D eigenvalue weighted by atomic mass is 9.93. The molecule has 0 fully saturated rings. The van der Waals surface area contributed by atoms with Crippen LogP contribution in [0.2, 0.25) is 0 Å². The van der Waals surface area contributed by atoms with Crippen LogP contribution in [-0.4, -0.2) is 13.1 Å². The molecule has 0 amide bonds. The number of hydrogen-bond donors (Lipinski definition) is 0. The highest BCUT2D eigenvalue weighted by Gasteiger charge is 2.12. The predicted molar refractivity (Wildman–Crippen MR) is 59.2 cm³/mol. The van der Waals surface area contributed by atoms with E-state index in [9.17, 15) is 4.79 Å². The summed E-state index contributed by atoms with van der Waals surface area (Å²) in [7, 11) is 1.47. The molecule has 0 aliphatic rings. The monoisotopic (exact) mass is 200 g/mol. The molecule has 2 nitrogen and oxygen atoms in total. The van der Waals surface area contributed by atoms with Gasteiger partial charge in [-0.05, 0) is 18.8 Å². The van der Waals surface area contributed by atoms with Gasteiger partial charge in [0.05, 0.1) is 7.11 Å². The van der Waals surface area contributed by atoms with Crippen LogP contribution in [0.25, 0.3) is 0 Å². The number of methoxy groups -OCH3 is 1. The van der Waals surface area contributed by atoms with Crippen molar-refractivity contribution in [2.45, 2.75) is 58.8 Å². The minimum atomic E-state index is -0.0535. The minimum absolute atomic E-state index is 0.0535. The Labute approximate surface area is 88.0 Å². The second-order valence-electron chi connectivity index (χ2n) is 3.93. The van der Waals surface area contributed by atoms with Crippen LogP contribution in [0.4, 0.5) is 0 Å². The largest absolute Gasteiger partial charge is 0.469 e. The molecular weight excluding hydrogens is 176 g/mol. The lowest BCUT2D eigenvalue weighted by Crippen LogP contribution is -2.10. The molecule has 0 aliphatic heterocycles. The van der Waals surface area contributed by atoms with E-state index in [0.717, 1.165) is 0 Å². The first-order chi connectivity index (χ1) is 6.74. The lowest BCUT2D eigenvalue weighted by molar-refractivity contribution is -0.141. The zero-order valence-electron chi connectivity index (χ0n) is 9.84. The van der Waals surface area contributed by atoms with Crippen LogP contribution in [0.15, 0.2) is 0 Å². The number of esters is 1. The lowest BCUT2D eigenvalue weighted by Gasteiger charge is -2.14. The molecule has 0 saturated heterocycles. The van der Waals surface area contributed by atoms with Gasteiger partial charge in [-0.15, -0.1) is 0 Å². The van der Waals surface area contributed by atoms with Gasteiger partial charge in [-0.2, -0.15) is 0 Å². The van der Waals surface area contributed by atoms with Crippen molar-refractivity contribution in [1.82, 2.24) is 0 Å². The summed E-state index contributed by atoms with van der Waals surface area (Å²) in [5.74, 6) is 0.490. The molecule has 84 valence electrons. The molecule has 0 bridgehead atoms. The fraction of sp³-hybridized carbons (Fsp3) is 0.917. The second-order valence-corrected chi connectivity index (χ2v) is 3.93. The summed E-state index contributed by atoms with van der Waals surface area (Å²) in [4.78, 5) is 11.1. The average molecular weight is 200 g/mol. The first-order valence-corrected chi connectivity index (χ1v) is 5.81. The maximum Gasteiger partial charge on any atom is 0.305 e. The summed E-state index contributed by atoms with van der Waals surface area (Å²) in [5.41, 5.74) is 0. The number of hydrogen-bond acceptors (Lipinski definition) is 2. The topological polar surface area (TPSA) is 26.3 Å². The quantitative estimate of drug-likeness (QED) is 0.560. The van der Waals surface area contributed by atoms with E-state index in [1.807, 2.05) is 0 Å². The fourth-order valence-corrected chi connectivity index (χ4v) is 1.65. The molecule has 0 rings (SSSR count). The molecule has 0 spiro atoms. The standard InChI is InChI=1S/C12H24O2/c1-4-6-8-11(9-7-5-2)10-12(13)14-3/h11H,4-10H2,1-3H3. The molecule has 2 heteroatoms. The maximum absolute atomic E-state index is 11.1. The van der Waals surface area contributed by atoms with Crippen molar-refractivity contribution < 1.29 is 9.53 Å². The van der Waals surface area contributed by atoms with Crippen LogP contribution in [0.5, 0.6) is 0 Å². The summed E-state index contributed by atoms with van der Waals surface area (Å²) in [6.07, 6.45) is 7.83. The molecule has 0 unspecified atom stereocenters. The number of rotatable bonds is 8. The SMILES string of the molecule is CCCCC(CCCC)CC(=O)OC. The van der Waals surface area contributed by atoms with Gasteiger partial charge in [-0.1, -0.05) is 39.5 Å². The van der Waals surface area contributed by atoms with E-state index >= 15 is 0 Å². The van der Waals surface area contributed by atoms with Crippen LogP contribution >= 0.6 is 0 Å². The summed E-state index contributed by atoms with van der Waals surface area (Å²) in [6, 6.07) is 0. The zero-order valence-corrected chi connectivity index (χ0v) is 9.84. The minimum Gasteiger partial charge on any atom is -0.469 e. The van der Waals surface area contributed by atoms with Gasteiger partial charge in [0.1, 0.15) is 0 Å². The molecule has 0 aliphatic carbocycles. The highest BCUT2D eigenvalue weighted by Crippen LogP contribution is 2.20. The number of carbonyl (C=O) groups excluding carboxylic acids is 1. The molecule has 0 N–H and O–H groups in total. The van der Waals surface area contributed by atoms with Crippen LogP contribution in [0.1, 0.15) is 58.8 Å². The Bertz CT molecular complexity index is 135. The van der Waals surface area contributed by atoms with E-state index in [0.29, 0.717) is 12.3 Å². The maximum atomic E-state index is 11.1. The third-order valence-electron chi connectivity index (χ3n) is 2.61. The molecule has 0 aromatic heterocycles. The number of carbonyl (C=O) groups is 1. The predicted octanol–water partition coefficient (Wildman–Crippen LogP) is 3.55. The molecule has 0 radical (unpaired) electrons. The van der Waals surface area contributed by atoms with Crippen molar-refractivity contribution in [3.05, 3.63) is 0 Å². The van der Waals surface area contributed by atoms with Gasteiger partial charge in [0, 0.05) is 6.42 Å². The molecule has 0 aromatic rings. The average Bonchev–Trinajstić information content (AvgIpc) is 2.21. The van der Waals surface area contributed by atoms with Crippen molar-refractivity contribution >= 4 is 5.97 Å². The van der Waals surface area contributed by atoms with Gasteiger partial charge in [-0.3, -0.25) is 4.79 Å². The summed E-state index contributed by atoms with van der Waals surface area (Å²) >= 11 is 0. The van der Waals surface area contributed by atoms with E-state index in [4.69, 9.17) is 4.74 Å². The fourth-order valence-electron chi connectivity index (χ4n) is 1.65. The summed E-state index contributed by atoms with van der Waals surface area (Å²) in [5, 5.41) is 0. The number of unbranched alkanes of at least 4 members (excludes halogenated alkanes) is 2. The Hall–Kier alpha value is -0.530. The molecule has 14 heavy (non-hydrogen) atoms. The van der Waals surface area contributed by atoms with Crippen molar-refractivity contribution in [2.75, 3.05) is 7.11 Å². The van der Waals surface area contributed by atoms with E-state index in [1.54, 1.807) is 0 Å². The van der Waals surface area contributed by atoms with Crippen molar-refractivity contribution in [3.63, 3.8) is 0 Å². The molecule has 0 saturated carbocycles. The molecule has 0 atom stereocenters. The first kappa shape index (κ1) is 13.5. The van der Waals surface area contributed by atoms with E-state index in [-0.39, 0.29) is 5.97 Å². The van der Waals surface area contributed by atoms with E-state index in [2.05, 4.69) is 13.8 Å². The van der Waals surface area contributed by atoms with E-state index in [1.165, 1.54) is 45.6 Å². The molecule has 0 heterocycles. The van der Waals surface area contributed by atoms with Gasteiger partial charge in [0.25, 0.3) is 0 Å². The van der Waals surface area contributed by atoms with Gasteiger partial charge in [-0.25, -0.2) is 0 Å². The molecular formula is C12H24O2. The zero-order chi connectivity index (χ0) is 10.8. The normalized spacial score (nSPS) is 10.6. The van der Waals surface area contributed by atoms with Gasteiger partial charge in [0.15, 0.2) is 0 Å². The Morgan fingerprint density at radius 1 is 1.14 bits per heavy atom. The third-order valence-corrected chi connectivity index (χ3v) is 2.61. The van der Waals surface area contributed by atoms with Gasteiger partial charge >= 0.3 is 5.97 Å². The molecule has 0 aromatic carbocycles.